The quantitative estimate of drug-likeness (QED) is 0.882. The van der Waals surface area contributed by atoms with Gasteiger partial charge in [-0.3, -0.25) is 9.48 Å². The first-order chi connectivity index (χ1) is 10.7. The summed E-state index contributed by atoms with van der Waals surface area (Å²) in [5.41, 5.74) is 1.49. The van der Waals surface area contributed by atoms with E-state index in [1.165, 1.54) is 12.8 Å². The largest absolute Gasteiger partial charge is 0.350 e. The molecule has 2 bridgehead atoms. The van der Waals surface area contributed by atoms with Crippen LogP contribution in [0.4, 0.5) is 0 Å². The summed E-state index contributed by atoms with van der Waals surface area (Å²) in [6.45, 7) is 0.768. The number of thiophene rings is 1. The van der Waals surface area contributed by atoms with Crippen LogP contribution in [0, 0.1) is 17.8 Å². The molecule has 0 radical (unpaired) electrons. The first-order valence-electron chi connectivity index (χ1n) is 7.75. The van der Waals surface area contributed by atoms with Crippen molar-refractivity contribution in [1.82, 2.24) is 15.1 Å². The summed E-state index contributed by atoms with van der Waals surface area (Å²) in [6.07, 6.45) is 7.14. The lowest BCUT2D eigenvalue weighted by Crippen LogP contribution is -2.32. The lowest BCUT2D eigenvalue weighted by Gasteiger charge is -2.18. The summed E-state index contributed by atoms with van der Waals surface area (Å²) in [6, 6.07) is 5.90. The normalized spacial score (nSPS) is 25.8. The predicted molar refractivity (Wildman–Crippen MR) is 87.7 cm³/mol. The Morgan fingerprint density at radius 3 is 3.05 bits per heavy atom. The molecule has 0 saturated heterocycles. The Kier molecular flexibility index (Phi) is 3.37. The van der Waals surface area contributed by atoms with Gasteiger partial charge in [0.15, 0.2) is 0 Å². The Balaban J connectivity index is 1.43. The molecule has 0 aromatic carbocycles. The van der Waals surface area contributed by atoms with Crippen molar-refractivity contribution < 1.29 is 4.79 Å². The number of fused-ring (bicyclic) bond motifs is 2. The summed E-state index contributed by atoms with van der Waals surface area (Å²) < 4.78 is 1.67. The van der Waals surface area contributed by atoms with Gasteiger partial charge in [-0.15, -0.1) is 11.3 Å². The number of nitrogens with zero attached hydrogens (tertiary/aromatic N) is 2. The van der Waals surface area contributed by atoms with E-state index in [1.807, 2.05) is 30.6 Å². The Hall–Kier alpha value is -1.88. The van der Waals surface area contributed by atoms with E-state index in [-0.39, 0.29) is 5.91 Å². The fourth-order valence-corrected chi connectivity index (χ4v) is 4.35. The molecule has 5 heteroatoms. The minimum atomic E-state index is -0.0236. The minimum Gasteiger partial charge on any atom is -0.350 e. The molecule has 2 aromatic heterocycles. The van der Waals surface area contributed by atoms with Crippen LogP contribution in [0.15, 0.2) is 35.7 Å². The van der Waals surface area contributed by atoms with Crippen molar-refractivity contribution >= 4 is 17.2 Å². The molecule has 0 aliphatic heterocycles. The number of rotatable bonds is 4. The van der Waals surface area contributed by atoms with Gasteiger partial charge in [-0.1, -0.05) is 18.2 Å². The highest BCUT2D eigenvalue weighted by atomic mass is 32.1. The van der Waals surface area contributed by atoms with E-state index in [4.69, 9.17) is 0 Å². The number of aryl methyl sites for hydroxylation is 1. The van der Waals surface area contributed by atoms with Crippen molar-refractivity contribution in [2.24, 2.45) is 24.8 Å². The summed E-state index contributed by atoms with van der Waals surface area (Å²) in [7, 11) is 1.83. The first kappa shape index (κ1) is 13.8. The lowest BCUT2D eigenvalue weighted by molar-refractivity contribution is 0.0935. The van der Waals surface area contributed by atoms with Crippen LogP contribution in [-0.2, 0) is 7.05 Å². The molecular weight excluding hydrogens is 294 g/mol. The van der Waals surface area contributed by atoms with Crippen LogP contribution in [0.25, 0.3) is 10.6 Å². The van der Waals surface area contributed by atoms with Crippen molar-refractivity contribution in [3.05, 3.63) is 41.4 Å². The molecule has 2 heterocycles. The summed E-state index contributed by atoms with van der Waals surface area (Å²) >= 11 is 1.64. The Labute approximate surface area is 133 Å². The second kappa shape index (κ2) is 5.39. The maximum Gasteiger partial charge on any atom is 0.269 e. The monoisotopic (exact) mass is 313 g/mol. The molecule has 22 heavy (non-hydrogen) atoms. The zero-order valence-electron chi connectivity index (χ0n) is 12.5. The molecule has 1 N–H and O–H groups in total. The maximum atomic E-state index is 12.4. The third-order valence-electron chi connectivity index (χ3n) is 4.83. The summed E-state index contributed by atoms with van der Waals surface area (Å²) in [4.78, 5) is 13.5. The van der Waals surface area contributed by atoms with E-state index in [2.05, 4.69) is 22.6 Å². The zero-order chi connectivity index (χ0) is 15.1. The average Bonchev–Trinajstić information content (AvgIpc) is 3.27. The SMILES string of the molecule is Cn1nc(-c2cccs2)cc1C(=O)NC[C@H]1C[C@@H]2C=C[C@H]1C2. The van der Waals surface area contributed by atoms with Crippen LogP contribution in [0.2, 0.25) is 0 Å². The van der Waals surface area contributed by atoms with Gasteiger partial charge < -0.3 is 5.32 Å². The number of carbonyl (C=O) groups excluding carboxylic acids is 1. The van der Waals surface area contributed by atoms with Crippen LogP contribution in [0.1, 0.15) is 23.3 Å². The predicted octanol–water partition coefficient (Wildman–Crippen LogP) is 3.09. The molecule has 4 rings (SSSR count). The molecule has 1 amide bonds. The molecule has 114 valence electrons. The van der Waals surface area contributed by atoms with E-state index in [0.29, 0.717) is 17.5 Å². The summed E-state index contributed by atoms with van der Waals surface area (Å²) in [5, 5.41) is 9.56. The molecule has 1 fully saturated rings. The van der Waals surface area contributed by atoms with Crippen LogP contribution in [-0.4, -0.2) is 22.2 Å². The van der Waals surface area contributed by atoms with Gasteiger partial charge in [0, 0.05) is 13.6 Å². The van der Waals surface area contributed by atoms with E-state index < -0.39 is 0 Å². The van der Waals surface area contributed by atoms with Gasteiger partial charge in [-0.25, -0.2) is 0 Å². The molecule has 4 nitrogen and oxygen atoms in total. The third kappa shape index (κ3) is 2.39. The van der Waals surface area contributed by atoms with Gasteiger partial charge in [0.1, 0.15) is 11.4 Å². The number of allylic oxidation sites excluding steroid dienone is 2. The molecule has 1 saturated carbocycles. The highest BCUT2D eigenvalue weighted by molar-refractivity contribution is 7.13. The van der Waals surface area contributed by atoms with Crippen molar-refractivity contribution in [2.75, 3.05) is 6.54 Å². The fourth-order valence-electron chi connectivity index (χ4n) is 3.67. The number of nitrogens with one attached hydrogen (secondary N) is 1. The molecular formula is C17H19N3OS. The minimum absolute atomic E-state index is 0.0236. The molecule has 0 unspecified atom stereocenters. The van der Waals surface area contributed by atoms with Crippen LogP contribution in [0.5, 0.6) is 0 Å². The highest BCUT2D eigenvalue weighted by Crippen LogP contribution is 2.42. The Morgan fingerprint density at radius 1 is 1.45 bits per heavy atom. The fraction of sp³-hybridized carbons (Fsp3) is 0.412. The average molecular weight is 313 g/mol. The number of hydrogen-bond donors (Lipinski definition) is 1. The number of hydrogen-bond acceptors (Lipinski definition) is 3. The number of amides is 1. The van der Waals surface area contributed by atoms with Crippen molar-refractivity contribution in [1.29, 1.82) is 0 Å². The third-order valence-corrected chi connectivity index (χ3v) is 5.72. The van der Waals surface area contributed by atoms with Gasteiger partial charge in [0.25, 0.3) is 5.91 Å². The standard InChI is InChI=1S/C17H19N3OS/c1-20-15(9-14(19-20)16-3-2-6-22-16)17(21)18-10-13-8-11-4-5-12(13)7-11/h2-6,9,11-13H,7-8,10H2,1H3,(H,18,21)/t11-,12+,13-/m1/s1. The van der Waals surface area contributed by atoms with Crippen molar-refractivity contribution in [2.45, 2.75) is 12.8 Å². The van der Waals surface area contributed by atoms with Gasteiger partial charge in [-0.2, -0.15) is 5.10 Å². The molecule has 3 atom stereocenters. The van der Waals surface area contributed by atoms with Gasteiger partial charge in [0.2, 0.25) is 0 Å². The van der Waals surface area contributed by atoms with Crippen molar-refractivity contribution in [3.8, 4) is 10.6 Å². The van der Waals surface area contributed by atoms with Gasteiger partial charge in [0.05, 0.1) is 4.88 Å². The van der Waals surface area contributed by atoms with Crippen LogP contribution >= 0.6 is 11.3 Å². The molecule has 2 aliphatic carbocycles. The van der Waals surface area contributed by atoms with Gasteiger partial charge in [-0.05, 0) is 48.1 Å². The number of carbonyl (C=O) groups is 1. The highest BCUT2D eigenvalue weighted by Gasteiger charge is 2.35. The van der Waals surface area contributed by atoms with E-state index in [0.717, 1.165) is 23.0 Å². The maximum absolute atomic E-state index is 12.4. The zero-order valence-corrected chi connectivity index (χ0v) is 13.3. The van der Waals surface area contributed by atoms with E-state index in [9.17, 15) is 4.79 Å². The topological polar surface area (TPSA) is 46.9 Å². The first-order valence-corrected chi connectivity index (χ1v) is 8.63. The van der Waals surface area contributed by atoms with Crippen molar-refractivity contribution in [3.63, 3.8) is 0 Å². The molecule has 2 aromatic rings. The number of aromatic nitrogens is 2. The Morgan fingerprint density at radius 2 is 2.36 bits per heavy atom. The van der Waals surface area contributed by atoms with Gasteiger partial charge >= 0.3 is 0 Å². The molecule has 0 spiro atoms. The Bertz CT molecular complexity index is 716. The lowest BCUT2D eigenvalue weighted by atomic mass is 9.93. The molecule has 2 aliphatic rings. The van der Waals surface area contributed by atoms with Crippen LogP contribution < -0.4 is 5.32 Å². The van der Waals surface area contributed by atoms with Crippen LogP contribution in [0.3, 0.4) is 0 Å². The smallest absolute Gasteiger partial charge is 0.269 e. The second-order valence-corrected chi connectivity index (χ2v) is 7.21. The van der Waals surface area contributed by atoms with E-state index >= 15 is 0 Å². The second-order valence-electron chi connectivity index (χ2n) is 6.27. The van der Waals surface area contributed by atoms with E-state index in [1.54, 1.807) is 16.0 Å². The summed E-state index contributed by atoms with van der Waals surface area (Å²) in [5.74, 6) is 1.99.